The predicted octanol–water partition coefficient (Wildman–Crippen LogP) is 2.61. The Labute approximate surface area is 119 Å². The number of carbonyl (C=O) groups excluding carboxylic acids is 1. The summed E-state index contributed by atoms with van der Waals surface area (Å²) < 4.78 is 5.74. The Morgan fingerprint density at radius 1 is 1.37 bits per heavy atom. The smallest absolute Gasteiger partial charge is 0.171 e. The molecule has 1 atom stereocenters. The number of rotatable bonds is 4. The van der Waals surface area contributed by atoms with Crippen molar-refractivity contribution in [3.63, 3.8) is 0 Å². The fraction of sp³-hybridized carbons (Fsp3) is 0.533. The van der Waals surface area contributed by atoms with Gasteiger partial charge in [-0.05, 0) is 32.2 Å². The molecule has 1 aliphatic heterocycles. The molecular weight excluding hydrogens is 258 g/mol. The standard InChI is InChI=1S/C15H21NO2S/c1-15(2,13-10-16-8-9-18-13)14(17)11-4-6-12(19-3)7-5-11/h4-7,13,16H,8-10H2,1-3H3. The zero-order chi connectivity index (χ0) is 13.9. The van der Waals surface area contributed by atoms with Gasteiger partial charge >= 0.3 is 0 Å². The van der Waals surface area contributed by atoms with Crippen LogP contribution in [0, 0.1) is 5.41 Å². The molecule has 0 amide bonds. The van der Waals surface area contributed by atoms with E-state index in [2.05, 4.69) is 5.32 Å². The number of ketones is 1. The van der Waals surface area contributed by atoms with E-state index in [1.807, 2.05) is 44.4 Å². The average molecular weight is 279 g/mol. The van der Waals surface area contributed by atoms with Crippen LogP contribution in [0.1, 0.15) is 24.2 Å². The lowest BCUT2D eigenvalue weighted by molar-refractivity contribution is -0.0324. The van der Waals surface area contributed by atoms with Gasteiger partial charge in [0.05, 0.1) is 18.1 Å². The lowest BCUT2D eigenvalue weighted by Gasteiger charge is -2.36. The van der Waals surface area contributed by atoms with Crippen LogP contribution in [0.2, 0.25) is 0 Å². The molecule has 0 bridgehead atoms. The second-order valence-electron chi connectivity index (χ2n) is 5.34. The molecule has 1 fully saturated rings. The van der Waals surface area contributed by atoms with Crippen molar-refractivity contribution >= 4 is 17.5 Å². The van der Waals surface area contributed by atoms with Crippen LogP contribution in [-0.4, -0.2) is 37.8 Å². The van der Waals surface area contributed by atoms with E-state index in [-0.39, 0.29) is 11.9 Å². The molecule has 1 aliphatic rings. The van der Waals surface area contributed by atoms with Gasteiger partial charge in [0, 0.05) is 23.5 Å². The number of morpholine rings is 1. The second kappa shape index (κ2) is 6.07. The summed E-state index contributed by atoms with van der Waals surface area (Å²) in [5.74, 6) is 0.147. The first kappa shape index (κ1) is 14.6. The van der Waals surface area contributed by atoms with E-state index in [1.54, 1.807) is 11.8 Å². The highest BCUT2D eigenvalue weighted by molar-refractivity contribution is 7.98. The minimum absolute atomic E-state index is 0.0611. The van der Waals surface area contributed by atoms with E-state index >= 15 is 0 Å². The van der Waals surface area contributed by atoms with Gasteiger partial charge in [-0.2, -0.15) is 0 Å². The molecule has 0 radical (unpaired) electrons. The van der Waals surface area contributed by atoms with Crippen molar-refractivity contribution in [1.29, 1.82) is 0 Å². The average Bonchev–Trinajstić information content (AvgIpc) is 2.47. The fourth-order valence-electron chi connectivity index (χ4n) is 2.29. The topological polar surface area (TPSA) is 38.3 Å². The van der Waals surface area contributed by atoms with Crippen LogP contribution in [0.4, 0.5) is 0 Å². The van der Waals surface area contributed by atoms with E-state index in [1.165, 1.54) is 4.90 Å². The minimum atomic E-state index is -0.506. The molecule has 0 saturated carbocycles. The molecule has 1 N–H and O–H groups in total. The zero-order valence-electron chi connectivity index (χ0n) is 11.7. The lowest BCUT2D eigenvalue weighted by Crippen LogP contribution is -2.49. The first-order valence-corrected chi connectivity index (χ1v) is 7.79. The molecule has 0 spiro atoms. The number of carbonyl (C=O) groups is 1. The molecule has 3 nitrogen and oxygen atoms in total. The van der Waals surface area contributed by atoms with Crippen molar-refractivity contribution in [2.45, 2.75) is 24.8 Å². The van der Waals surface area contributed by atoms with Gasteiger partial charge in [-0.25, -0.2) is 0 Å². The Hall–Kier alpha value is -0.840. The van der Waals surface area contributed by atoms with Gasteiger partial charge in [0.25, 0.3) is 0 Å². The summed E-state index contributed by atoms with van der Waals surface area (Å²) in [6, 6.07) is 7.81. The molecule has 0 aliphatic carbocycles. The first-order chi connectivity index (χ1) is 9.05. The number of hydrogen-bond acceptors (Lipinski definition) is 4. The molecule has 2 rings (SSSR count). The van der Waals surface area contributed by atoms with Gasteiger partial charge in [-0.15, -0.1) is 11.8 Å². The van der Waals surface area contributed by atoms with Gasteiger partial charge in [0.1, 0.15) is 0 Å². The first-order valence-electron chi connectivity index (χ1n) is 6.57. The molecule has 1 saturated heterocycles. The van der Waals surface area contributed by atoms with Crippen LogP contribution in [0.15, 0.2) is 29.2 Å². The summed E-state index contributed by atoms with van der Waals surface area (Å²) >= 11 is 1.68. The third-order valence-corrected chi connectivity index (χ3v) is 4.41. The maximum absolute atomic E-state index is 12.7. The highest BCUT2D eigenvalue weighted by atomic mass is 32.2. The van der Waals surface area contributed by atoms with E-state index in [9.17, 15) is 4.79 Å². The molecule has 1 aromatic rings. The van der Waals surface area contributed by atoms with Crippen molar-refractivity contribution in [3.05, 3.63) is 29.8 Å². The summed E-state index contributed by atoms with van der Waals surface area (Å²) in [7, 11) is 0. The van der Waals surface area contributed by atoms with Crippen LogP contribution < -0.4 is 5.32 Å². The van der Waals surface area contributed by atoms with E-state index in [4.69, 9.17) is 4.74 Å². The van der Waals surface area contributed by atoms with Gasteiger partial charge in [-0.1, -0.05) is 12.1 Å². The van der Waals surface area contributed by atoms with Crippen LogP contribution >= 0.6 is 11.8 Å². The Morgan fingerprint density at radius 2 is 2.05 bits per heavy atom. The van der Waals surface area contributed by atoms with Crippen LogP contribution in [0.3, 0.4) is 0 Å². The molecular formula is C15H21NO2S. The lowest BCUT2D eigenvalue weighted by atomic mass is 9.78. The number of thioether (sulfide) groups is 1. The highest BCUT2D eigenvalue weighted by Crippen LogP contribution is 2.29. The van der Waals surface area contributed by atoms with Gasteiger partial charge in [0.15, 0.2) is 5.78 Å². The van der Waals surface area contributed by atoms with Gasteiger partial charge in [0.2, 0.25) is 0 Å². The molecule has 1 unspecified atom stereocenters. The highest BCUT2D eigenvalue weighted by Gasteiger charge is 2.38. The number of ether oxygens (including phenoxy) is 1. The third kappa shape index (κ3) is 3.19. The number of benzene rings is 1. The van der Waals surface area contributed by atoms with E-state index in [0.717, 1.165) is 18.7 Å². The second-order valence-corrected chi connectivity index (χ2v) is 6.22. The number of hydrogen-bond donors (Lipinski definition) is 1. The largest absolute Gasteiger partial charge is 0.375 e. The summed E-state index contributed by atoms with van der Waals surface area (Å²) in [4.78, 5) is 13.8. The van der Waals surface area contributed by atoms with Crippen molar-refractivity contribution in [2.24, 2.45) is 5.41 Å². The Kier molecular flexibility index (Phi) is 4.66. The molecule has 104 valence electrons. The summed E-state index contributed by atoms with van der Waals surface area (Å²) in [5.41, 5.74) is 0.255. The molecule has 1 heterocycles. The Bertz CT molecular complexity index is 436. The van der Waals surface area contributed by atoms with E-state index in [0.29, 0.717) is 6.61 Å². The fourth-order valence-corrected chi connectivity index (χ4v) is 2.70. The van der Waals surface area contributed by atoms with Crippen LogP contribution in [0.5, 0.6) is 0 Å². The SMILES string of the molecule is CSc1ccc(C(=O)C(C)(C)C2CNCCO2)cc1. The molecule has 19 heavy (non-hydrogen) atoms. The maximum atomic E-state index is 12.7. The van der Waals surface area contributed by atoms with Gasteiger partial charge in [-0.3, -0.25) is 4.79 Å². The summed E-state index contributed by atoms with van der Waals surface area (Å²) in [6.07, 6.45) is 1.97. The quantitative estimate of drug-likeness (QED) is 0.679. The van der Waals surface area contributed by atoms with Crippen molar-refractivity contribution in [1.82, 2.24) is 5.32 Å². The molecule has 1 aromatic carbocycles. The maximum Gasteiger partial charge on any atom is 0.171 e. The summed E-state index contributed by atoms with van der Waals surface area (Å²) in [5, 5.41) is 3.28. The predicted molar refractivity (Wildman–Crippen MR) is 78.9 cm³/mol. The Balaban J connectivity index is 2.15. The minimum Gasteiger partial charge on any atom is -0.375 e. The number of Topliss-reactive ketones (excluding diaryl/α,β-unsaturated/α-hetero) is 1. The third-order valence-electron chi connectivity index (χ3n) is 3.67. The van der Waals surface area contributed by atoms with Crippen LogP contribution in [-0.2, 0) is 4.74 Å². The van der Waals surface area contributed by atoms with Crippen molar-refractivity contribution < 1.29 is 9.53 Å². The monoisotopic (exact) mass is 279 g/mol. The Morgan fingerprint density at radius 3 is 2.58 bits per heavy atom. The molecule has 4 heteroatoms. The zero-order valence-corrected chi connectivity index (χ0v) is 12.5. The number of nitrogens with one attached hydrogen (secondary N) is 1. The summed E-state index contributed by atoms with van der Waals surface area (Å²) in [6.45, 7) is 6.21. The van der Waals surface area contributed by atoms with Crippen LogP contribution in [0.25, 0.3) is 0 Å². The van der Waals surface area contributed by atoms with Crippen molar-refractivity contribution in [2.75, 3.05) is 26.0 Å². The molecule has 0 aromatic heterocycles. The van der Waals surface area contributed by atoms with E-state index < -0.39 is 5.41 Å². The van der Waals surface area contributed by atoms with Crippen molar-refractivity contribution in [3.8, 4) is 0 Å². The van der Waals surface area contributed by atoms with Gasteiger partial charge < -0.3 is 10.1 Å². The normalized spacial score (nSPS) is 20.3.